The highest BCUT2D eigenvalue weighted by Crippen LogP contribution is 2.20. The third kappa shape index (κ3) is 6.41. The third-order valence-corrected chi connectivity index (χ3v) is 4.52. The molecule has 164 valence electrons. The molecule has 0 bridgehead atoms. The Hall–Kier alpha value is -4.65. The number of hydrogen-bond acceptors (Lipinski definition) is 6. The zero-order valence-electron chi connectivity index (χ0n) is 17.5. The van der Waals surface area contributed by atoms with Crippen LogP contribution in [0.1, 0.15) is 11.3 Å². The van der Waals surface area contributed by atoms with Crippen LogP contribution in [-0.4, -0.2) is 24.7 Å². The van der Waals surface area contributed by atoms with Crippen molar-refractivity contribution in [1.29, 1.82) is 0 Å². The van der Waals surface area contributed by atoms with Gasteiger partial charge >= 0.3 is 5.97 Å². The van der Waals surface area contributed by atoms with E-state index < -0.39 is 5.97 Å². The molecular formula is C26H20N2O5. The van der Waals surface area contributed by atoms with Gasteiger partial charge in [0.15, 0.2) is 6.61 Å². The molecule has 1 aromatic heterocycles. The summed E-state index contributed by atoms with van der Waals surface area (Å²) in [5, 5.41) is 6.06. The number of furan rings is 1. The maximum Gasteiger partial charge on any atom is 0.336 e. The number of ether oxygens (including phenoxy) is 2. The van der Waals surface area contributed by atoms with Crippen molar-refractivity contribution in [3.8, 4) is 11.5 Å². The number of hydrogen-bond donors (Lipinski definition) is 1. The molecule has 0 saturated heterocycles. The van der Waals surface area contributed by atoms with E-state index in [4.69, 9.17) is 13.9 Å². The minimum Gasteiger partial charge on any atom is -0.484 e. The van der Waals surface area contributed by atoms with Gasteiger partial charge in [0.2, 0.25) is 0 Å². The molecule has 1 heterocycles. The third-order valence-electron chi connectivity index (χ3n) is 4.52. The lowest BCUT2D eigenvalue weighted by Crippen LogP contribution is -2.24. The van der Waals surface area contributed by atoms with E-state index in [1.54, 1.807) is 36.4 Å². The number of fused-ring (bicyclic) bond motifs is 1. The molecular weight excluding hydrogens is 420 g/mol. The number of benzene rings is 3. The summed E-state index contributed by atoms with van der Waals surface area (Å²) in [4.78, 5) is 23.8. The summed E-state index contributed by atoms with van der Waals surface area (Å²) >= 11 is 0. The summed E-state index contributed by atoms with van der Waals surface area (Å²) in [6.07, 6.45) is 5.81. The van der Waals surface area contributed by atoms with Gasteiger partial charge in [0, 0.05) is 6.08 Å². The van der Waals surface area contributed by atoms with Crippen LogP contribution in [0.4, 0.5) is 0 Å². The van der Waals surface area contributed by atoms with Gasteiger partial charge in [-0.3, -0.25) is 4.79 Å². The van der Waals surface area contributed by atoms with E-state index in [1.165, 1.54) is 24.6 Å². The van der Waals surface area contributed by atoms with Crippen LogP contribution in [0.15, 0.2) is 101 Å². The summed E-state index contributed by atoms with van der Waals surface area (Å²) in [7, 11) is 0. The standard InChI is InChI=1S/C26H20N2O5/c29-25(18-32-24-12-9-20-4-1-2-5-21(20)16-24)28-27-17-19-7-10-23(11-8-19)33-26(30)14-13-22-6-3-15-31-22/h1-17H,18H2,(H,28,29). The predicted octanol–water partition coefficient (Wildman–Crippen LogP) is 4.58. The summed E-state index contributed by atoms with van der Waals surface area (Å²) in [5.74, 6) is 0.647. The molecule has 7 heteroatoms. The molecule has 4 rings (SSSR count). The van der Waals surface area contributed by atoms with Crippen molar-refractivity contribution in [2.75, 3.05) is 6.61 Å². The lowest BCUT2D eigenvalue weighted by molar-refractivity contribution is -0.129. The Kier molecular flexibility index (Phi) is 6.92. The van der Waals surface area contributed by atoms with Crippen LogP contribution in [0.25, 0.3) is 16.8 Å². The average Bonchev–Trinajstić information content (AvgIpc) is 3.36. The van der Waals surface area contributed by atoms with Gasteiger partial charge < -0.3 is 13.9 Å². The van der Waals surface area contributed by atoms with Crippen molar-refractivity contribution in [2.24, 2.45) is 5.10 Å². The molecule has 0 aliphatic heterocycles. The van der Waals surface area contributed by atoms with Gasteiger partial charge in [-0.1, -0.05) is 30.3 Å². The van der Waals surface area contributed by atoms with Crippen LogP contribution < -0.4 is 14.9 Å². The van der Waals surface area contributed by atoms with E-state index >= 15 is 0 Å². The van der Waals surface area contributed by atoms with Crippen molar-refractivity contribution in [2.45, 2.75) is 0 Å². The van der Waals surface area contributed by atoms with Crippen LogP contribution in [0, 0.1) is 0 Å². The largest absolute Gasteiger partial charge is 0.484 e. The second kappa shape index (κ2) is 10.6. The zero-order valence-corrected chi connectivity index (χ0v) is 17.5. The first-order valence-corrected chi connectivity index (χ1v) is 10.1. The Morgan fingerprint density at radius 2 is 1.70 bits per heavy atom. The highest BCUT2D eigenvalue weighted by atomic mass is 16.5. The van der Waals surface area contributed by atoms with E-state index in [2.05, 4.69) is 10.5 Å². The Balaban J connectivity index is 1.22. The normalized spacial score (nSPS) is 11.2. The minimum absolute atomic E-state index is 0.157. The zero-order chi connectivity index (χ0) is 22.9. The first-order valence-electron chi connectivity index (χ1n) is 10.1. The average molecular weight is 440 g/mol. The lowest BCUT2D eigenvalue weighted by atomic mass is 10.1. The lowest BCUT2D eigenvalue weighted by Gasteiger charge is -2.06. The first kappa shape index (κ1) is 21.6. The molecule has 1 amide bonds. The Bertz CT molecular complexity index is 1290. The van der Waals surface area contributed by atoms with Gasteiger partial charge in [-0.05, 0) is 70.9 Å². The topological polar surface area (TPSA) is 90.1 Å². The quantitative estimate of drug-likeness (QED) is 0.142. The minimum atomic E-state index is -0.522. The number of amides is 1. The van der Waals surface area contributed by atoms with Gasteiger partial charge in [0.1, 0.15) is 17.3 Å². The van der Waals surface area contributed by atoms with Crippen molar-refractivity contribution in [1.82, 2.24) is 5.43 Å². The molecule has 0 aliphatic carbocycles. The van der Waals surface area contributed by atoms with Crippen molar-refractivity contribution >= 4 is 34.9 Å². The van der Waals surface area contributed by atoms with E-state index in [9.17, 15) is 9.59 Å². The fourth-order valence-corrected chi connectivity index (χ4v) is 2.93. The number of hydrazone groups is 1. The van der Waals surface area contributed by atoms with Crippen molar-refractivity contribution in [3.63, 3.8) is 0 Å². The second-order valence-electron chi connectivity index (χ2n) is 6.93. The highest BCUT2D eigenvalue weighted by Gasteiger charge is 2.03. The molecule has 0 unspecified atom stereocenters. The molecule has 0 fully saturated rings. The molecule has 0 atom stereocenters. The number of rotatable bonds is 8. The van der Waals surface area contributed by atoms with Crippen LogP contribution >= 0.6 is 0 Å². The van der Waals surface area contributed by atoms with Gasteiger partial charge in [0.05, 0.1) is 12.5 Å². The molecule has 0 radical (unpaired) electrons. The fraction of sp³-hybridized carbons (Fsp3) is 0.0385. The number of nitrogens with zero attached hydrogens (tertiary/aromatic N) is 1. The predicted molar refractivity (Wildman–Crippen MR) is 125 cm³/mol. The first-order chi connectivity index (χ1) is 16.2. The maximum absolute atomic E-state index is 12.0. The number of esters is 1. The molecule has 1 N–H and O–H groups in total. The SMILES string of the molecule is O=C(COc1ccc2ccccc2c1)NN=Cc1ccc(OC(=O)C=Cc2ccco2)cc1. The van der Waals surface area contributed by atoms with E-state index in [1.807, 2.05) is 42.5 Å². The number of carbonyl (C=O) groups excluding carboxylic acids is 2. The van der Waals surface area contributed by atoms with Crippen LogP contribution in [0.5, 0.6) is 11.5 Å². The Morgan fingerprint density at radius 3 is 2.48 bits per heavy atom. The number of carbonyl (C=O) groups is 2. The van der Waals surface area contributed by atoms with E-state index in [-0.39, 0.29) is 12.5 Å². The summed E-state index contributed by atoms with van der Waals surface area (Å²) < 4.78 is 15.9. The van der Waals surface area contributed by atoms with E-state index in [0.717, 1.165) is 16.3 Å². The monoisotopic (exact) mass is 440 g/mol. The molecule has 0 aliphatic rings. The second-order valence-corrected chi connectivity index (χ2v) is 6.93. The Labute approximate surface area is 189 Å². The fourth-order valence-electron chi connectivity index (χ4n) is 2.93. The smallest absolute Gasteiger partial charge is 0.336 e. The van der Waals surface area contributed by atoms with Gasteiger partial charge in [-0.15, -0.1) is 0 Å². The molecule has 33 heavy (non-hydrogen) atoms. The van der Waals surface area contributed by atoms with Crippen molar-refractivity contribution < 1.29 is 23.5 Å². The van der Waals surface area contributed by atoms with Crippen LogP contribution in [0.2, 0.25) is 0 Å². The summed E-state index contributed by atoms with van der Waals surface area (Å²) in [6.45, 7) is -0.157. The van der Waals surface area contributed by atoms with Crippen LogP contribution in [-0.2, 0) is 9.59 Å². The number of nitrogens with one attached hydrogen (secondary N) is 1. The van der Waals surface area contributed by atoms with Gasteiger partial charge in [0.25, 0.3) is 5.91 Å². The molecule has 3 aromatic carbocycles. The highest BCUT2D eigenvalue weighted by molar-refractivity contribution is 5.88. The van der Waals surface area contributed by atoms with E-state index in [0.29, 0.717) is 17.3 Å². The Morgan fingerprint density at radius 1 is 0.909 bits per heavy atom. The van der Waals surface area contributed by atoms with Crippen LogP contribution in [0.3, 0.4) is 0 Å². The maximum atomic E-state index is 12.0. The molecule has 4 aromatic rings. The van der Waals surface area contributed by atoms with Gasteiger partial charge in [-0.2, -0.15) is 5.10 Å². The summed E-state index contributed by atoms with van der Waals surface area (Å²) in [5.41, 5.74) is 3.14. The van der Waals surface area contributed by atoms with Crippen molar-refractivity contribution in [3.05, 3.63) is 103 Å². The summed E-state index contributed by atoms with van der Waals surface area (Å²) in [6, 6.07) is 23.7. The molecule has 0 saturated carbocycles. The van der Waals surface area contributed by atoms with Gasteiger partial charge in [-0.25, -0.2) is 10.2 Å². The molecule has 0 spiro atoms. The molecule has 7 nitrogen and oxygen atoms in total.